The molecule has 0 fully saturated rings. The second-order valence-electron chi connectivity index (χ2n) is 5.75. The lowest BCUT2D eigenvalue weighted by molar-refractivity contribution is 0.102. The first kappa shape index (κ1) is 19.8. The molecule has 2 aromatic carbocycles. The molecule has 1 amide bonds. The third kappa shape index (κ3) is 6.76. The summed E-state index contributed by atoms with van der Waals surface area (Å²) in [7, 11) is 0. The molecule has 1 N–H and O–H groups in total. The van der Waals surface area contributed by atoms with Gasteiger partial charge in [-0.3, -0.25) is 4.79 Å². The van der Waals surface area contributed by atoms with E-state index in [4.69, 9.17) is 14.2 Å². The molecule has 2 aromatic rings. The summed E-state index contributed by atoms with van der Waals surface area (Å²) in [6.45, 7) is 6.42. The highest BCUT2D eigenvalue weighted by Gasteiger charge is 2.07. The number of nitrogens with one attached hydrogen (secondary N) is 1. The van der Waals surface area contributed by atoms with Gasteiger partial charge < -0.3 is 19.5 Å². The Balaban J connectivity index is 1.88. The molecule has 0 heterocycles. The Morgan fingerprint density at radius 2 is 1.69 bits per heavy atom. The largest absolute Gasteiger partial charge is 0.494 e. The summed E-state index contributed by atoms with van der Waals surface area (Å²) in [5, 5.41) is 2.88. The molecule has 0 aliphatic heterocycles. The van der Waals surface area contributed by atoms with Crippen LogP contribution in [0.25, 0.3) is 0 Å². The molecule has 0 atom stereocenters. The summed E-state index contributed by atoms with van der Waals surface area (Å²) < 4.78 is 16.5. The molecule has 2 rings (SSSR count). The standard InChI is InChI=1S/C21H27NO4/c1-3-5-13-25-19-11-9-18(10-12-19)22-21(23)17-7-6-8-20(16-17)26-15-14-24-4-2/h6-12,16H,3-5,13-15H2,1-2H3,(H,22,23). The number of carbonyl (C=O) groups is 1. The Morgan fingerprint density at radius 1 is 0.923 bits per heavy atom. The molecule has 5 heteroatoms. The van der Waals surface area contributed by atoms with Crippen molar-refractivity contribution in [3.63, 3.8) is 0 Å². The molecule has 0 spiro atoms. The van der Waals surface area contributed by atoms with E-state index in [0.29, 0.717) is 37.7 Å². The first-order valence-corrected chi connectivity index (χ1v) is 9.07. The van der Waals surface area contributed by atoms with Crippen molar-refractivity contribution in [2.24, 2.45) is 0 Å². The number of carbonyl (C=O) groups excluding carboxylic acids is 1. The molecule has 0 saturated carbocycles. The fourth-order valence-corrected chi connectivity index (χ4v) is 2.26. The molecular weight excluding hydrogens is 330 g/mol. The maximum absolute atomic E-state index is 12.4. The van der Waals surface area contributed by atoms with Crippen molar-refractivity contribution in [3.8, 4) is 11.5 Å². The fourth-order valence-electron chi connectivity index (χ4n) is 2.26. The molecule has 0 saturated heterocycles. The normalized spacial score (nSPS) is 10.4. The van der Waals surface area contributed by atoms with Crippen LogP contribution < -0.4 is 14.8 Å². The Morgan fingerprint density at radius 3 is 2.42 bits per heavy atom. The highest BCUT2D eigenvalue weighted by molar-refractivity contribution is 6.04. The van der Waals surface area contributed by atoms with Crippen molar-refractivity contribution in [2.75, 3.05) is 31.7 Å². The third-order valence-electron chi connectivity index (χ3n) is 3.68. The summed E-state index contributed by atoms with van der Waals surface area (Å²) in [5.74, 6) is 1.28. The lowest BCUT2D eigenvalue weighted by Gasteiger charge is -2.10. The molecular formula is C21H27NO4. The van der Waals surface area contributed by atoms with Crippen LogP contribution in [0.3, 0.4) is 0 Å². The van der Waals surface area contributed by atoms with Gasteiger partial charge in [0.05, 0.1) is 13.2 Å². The quantitative estimate of drug-likeness (QED) is 0.600. The van der Waals surface area contributed by atoms with Gasteiger partial charge in [-0.1, -0.05) is 19.4 Å². The van der Waals surface area contributed by atoms with Crippen LogP contribution in [0.5, 0.6) is 11.5 Å². The van der Waals surface area contributed by atoms with E-state index in [0.717, 1.165) is 24.3 Å². The Bertz CT molecular complexity index is 670. The molecule has 0 unspecified atom stereocenters. The van der Waals surface area contributed by atoms with E-state index in [9.17, 15) is 4.79 Å². The first-order valence-electron chi connectivity index (χ1n) is 9.07. The zero-order valence-electron chi connectivity index (χ0n) is 15.5. The van der Waals surface area contributed by atoms with Gasteiger partial charge in [-0.2, -0.15) is 0 Å². The van der Waals surface area contributed by atoms with E-state index in [2.05, 4.69) is 12.2 Å². The van der Waals surface area contributed by atoms with Gasteiger partial charge in [0.1, 0.15) is 18.1 Å². The second kappa shape index (κ2) is 11.2. The second-order valence-corrected chi connectivity index (χ2v) is 5.75. The number of hydrogen-bond donors (Lipinski definition) is 1. The lowest BCUT2D eigenvalue weighted by atomic mass is 10.2. The van der Waals surface area contributed by atoms with Crippen molar-refractivity contribution in [1.82, 2.24) is 0 Å². The Kier molecular flexibility index (Phi) is 8.49. The van der Waals surface area contributed by atoms with Crippen LogP contribution in [0.15, 0.2) is 48.5 Å². The predicted molar refractivity (Wildman–Crippen MR) is 103 cm³/mol. The summed E-state index contributed by atoms with van der Waals surface area (Å²) in [6, 6.07) is 14.5. The van der Waals surface area contributed by atoms with E-state index >= 15 is 0 Å². The van der Waals surface area contributed by atoms with E-state index in [-0.39, 0.29) is 5.91 Å². The van der Waals surface area contributed by atoms with Gasteiger partial charge >= 0.3 is 0 Å². The third-order valence-corrected chi connectivity index (χ3v) is 3.68. The van der Waals surface area contributed by atoms with Crippen LogP contribution in [-0.2, 0) is 4.74 Å². The molecule has 0 radical (unpaired) electrons. The number of ether oxygens (including phenoxy) is 3. The van der Waals surface area contributed by atoms with Gasteiger partial charge in [0, 0.05) is 17.9 Å². The molecule has 5 nitrogen and oxygen atoms in total. The van der Waals surface area contributed by atoms with Crippen molar-refractivity contribution in [3.05, 3.63) is 54.1 Å². The molecule has 0 aromatic heterocycles. The Hall–Kier alpha value is -2.53. The van der Waals surface area contributed by atoms with Crippen LogP contribution in [0.4, 0.5) is 5.69 Å². The van der Waals surface area contributed by atoms with Gasteiger partial charge in [-0.25, -0.2) is 0 Å². The summed E-state index contributed by atoms with van der Waals surface area (Å²) in [5.41, 5.74) is 1.27. The molecule has 0 aliphatic rings. The predicted octanol–water partition coefficient (Wildman–Crippen LogP) is 4.53. The molecule has 26 heavy (non-hydrogen) atoms. The van der Waals surface area contributed by atoms with Crippen molar-refractivity contribution in [1.29, 1.82) is 0 Å². The van der Waals surface area contributed by atoms with Crippen LogP contribution >= 0.6 is 0 Å². The molecule has 0 bridgehead atoms. The average Bonchev–Trinajstić information content (AvgIpc) is 2.67. The van der Waals surface area contributed by atoms with Gasteiger partial charge in [0.25, 0.3) is 5.91 Å². The fraction of sp³-hybridized carbons (Fsp3) is 0.381. The van der Waals surface area contributed by atoms with Crippen LogP contribution in [0.1, 0.15) is 37.0 Å². The van der Waals surface area contributed by atoms with Gasteiger partial charge in [-0.05, 0) is 55.8 Å². The van der Waals surface area contributed by atoms with Gasteiger partial charge in [0.15, 0.2) is 0 Å². The Labute approximate surface area is 155 Å². The highest BCUT2D eigenvalue weighted by Crippen LogP contribution is 2.18. The van der Waals surface area contributed by atoms with Crippen molar-refractivity contribution >= 4 is 11.6 Å². The number of anilines is 1. The highest BCUT2D eigenvalue weighted by atomic mass is 16.5. The van der Waals surface area contributed by atoms with Crippen LogP contribution in [-0.4, -0.2) is 32.3 Å². The number of rotatable bonds is 11. The number of amides is 1. The van der Waals surface area contributed by atoms with E-state index in [1.165, 1.54) is 0 Å². The van der Waals surface area contributed by atoms with Crippen molar-refractivity contribution < 1.29 is 19.0 Å². The maximum Gasteiger partial charge on any atom is 0.255 e. The summed E-state index contributed by atoms with van der Waals surface area (Å²) >= 11 is 0. The molecule has 0 aliphatic carbocycles. The maximum atomic E-state index is 12.4. The minimum absolute atomic E-state index is 0.181. The monoisotopic (exact) mass is 357 g/mol. The van der Waals surface area contributed by atoms with Crippen molar-refractivity contribution in [2.45, 2.75) is 26.7 Å². The zero-order valence-corrected chi connectivity index (χ0v) is 15.5. The molecule has 140 valence electrons. The van der Waals surface area contributed by atoms with Gasteiger partial charge in [0.2, 0.25) is 0 Å². The number of unbranched alkanes of at least 4 members (excludes halogenated alkanes) is 1. The van der Waals surface area contributed by atoms with E-state index < -0.39 is 0 Å². The topological polar surface area (TPSA) is 56.8 Å². The van der Waals surface area contributed by atoms with Crippen LogP contribution in [0.2, 0.25) is 0 Å². The van der Waals surface area contributed by atoms with E-state index in [1.54, 1.807) is 18.2 Å². The average molecular weight is 357 g/mol. The SMILES string of the molecule is CCCCOc1ccc(NC(=O)c2cccc(OCCOCC)c2)cc1. The lowest BCUT2D eigenvalue weighted by Crippen LogP contribution is -2.12. The van der Waals surface area contributed by atoms with Gasteiger partial charge in [-0.15, -0.1) is 0 Å². The minimum atomic E-state index is -0.181. The first-order chi connectivity index (χ1) is 12.7. The number of hydrogen-bond acceptors (Lipinski definition) is 4. The zero-order chi connectivity index (χ0) is 18.6. The minimum Gasteiger partial charge on any atom is -0.494 e. The smallest absolute Gasteiger partial charge is 0.255 e. The van der Waals surface area contributed by atoms with E-state index in [1.807, 2.05) is 37.3 Å². The number of benzene rings is 2. The summed E-state index contributed by atoms with van der Waals surface area (Å²) in [6.07, 6.45) is 2.13. The van der Waals surface area contributed by atoms with Crippen LogP contribution in [0, 0.1) is 0 Å². The summed E-state index contributed by atoms with van der Waals surface area (Å²) in [4.78, 5) is 12.4.